The number of thiazole rings is 1. The number of carbonyl (C=O) groups is 1. The van der Waals surface area contributed by atoms with Crippen LogP contribution in [0.3, 0.4) is 0 Å². The number of carbonyl (C=O) groups excluding carboxylic acids is 1. The number of piperazine rings is 1. The summed E-state index contributed by atoms with van der Waals surface area (Å²) in [5.74, 6) is 0. The zero-order valence-electron chi connectivity index (χ0n) is 17.3. The lowest BCUT2D eigenvalue weighted by atomic mass is 10.1. The summed E-state index contributed by atoms with van der Waals surface area (Å²) in [4.78, 5) is 22.0. The molecule has 2 aliphatic rings. The molecule has 2 saturated heterocycles. The van der Waals surface area contributed by atoms with Crippen LogP contribution >= 0.6 is 11.3 Å². The summed E-state index contributed by atoms with van der Waals surface area (Å²) in [7, 11) is 0. The summed E-state index contributed by atoms with van der Waals surface area (Å²) < 4.78 is 0. The molecule has 2 aromatic rings. The van der Waals surface area contributed by atoms with E-state index in [1.165, 1.54) is 24.8 Å². The second-order valence-electron chi connectivity index (χ2n) is 7.79. The largest absolute Gasteiger partial charge is 0.370 e. The fraction of sp³-hybridized carbons (Fsp3) is 0.524. The maximum Gasteiger partial charge on any atom is 0.325 e. The predicted molar refractivity (Wildman–Crippen MR) is 122 cm³/mol. The SMILES string of the molecule is Cc1ccc(NC(=O)Nc2nc(C)c(N3CCNCC3)s2)c(N2CCCCC2)c1. The summed E-state index contributed by atoms with van der Waals surface area (Å²) >= 11 is 1.54. The molecule has 1 aromatic carbocycles. The minimum absolute atomic E-state index is 0.243. The number of rotatable bonds is 4. The molecular weight excluding hydrogens is 384 g/mol. The second-order valence-corrected chi connectivity index (χ2v) is 8.77. The Hall–Kier alpha value is -2.32. The molecule has 29 heavy (non-hydrogen) atoms. The molecule has 7 nitrogen and oxygen atoms in total. The Morgan fingerprint density at radius 2 is 1.79 bits per heavy atom. The Morgan fingerprint density at radius 3 is 2.55 bits per heavy atom. The second kappa shape index (κ2) is 9.00. The van der Waals surface area contributed by atoms with E-state index in [0.717, 1.165) is 61.3 Å². The molecule has 0 unspecified atom stereocenters. The molecule has 0 spiro atoms. The number of benzene rings is 1. The van der Waals surface area contributed by atoms with Crippen molar-refractivity contribution in [3.8, 4) is 0 Å². The summed E-state index contributed by atoms with van der Waals surface area (Å²) in [6, 6.07) is 5.96. The van der Waals surface area contributed by atoms with Crippen LogP contribution in [0.25, 0.3) is 0 Å². The van der Waals surface area contributed by atoms with Gasteiger partial charge < -0.3 is 20.4 Å². The average Bonchev–Trinajstić information content (AvgIpc) is 3.10. The molecule has 0 saturated carbocycles. The Balaban J connectivity index is 1.45. The molecule has 1 aromatic heterocycles. The smallest absolute Gasteiger partial charge is 0.325 e. The zero-order valence-corrected chi connectivity index (χ0v) is 18.1. The van der Waals surface area contributed by atoms with Gasteiger partial charge in [0.15, 0.2) is 5.13 Å². The lowest BCUT2D eigenvalue weighted by molar-refractivity contribution is 0.262. The maximum atomic E-state index is 12.7. The molecular formula is C21H30N6OS. The first-order chi connectivity index (χ1) is 14.1. The minimum Gasteiger partial charge on any atom is -0.370 e. The monoisotopic (exact) mass is 414 g/mol. The highest BCUT2D eigenvalue weighted by molar-refractivity contribution is 7.19. The number of nitrogens with zero attached hydrogens (tertiary/aromatic N) is 3. The van der Waals surface area contributed by atoms with E-state index in [1.807, 2.05) is 19.1 Å². The molecule has 4 rings (SSSR count). The van der Waals surface area contributed by atoms with Gasteiger partial charge in [-0.15, -0.1) is 0 Å². The Kier molecular flexibility index (Phi) is 6.20. The Bertz CT molecular complexity index is 855. The first-order valence-electron chi connectivity index (χ1n) is 10.5. The molecule has 3 heterocycles. The number of amides is 2. The van der Waals surface area contributed by atoms with Crippen molar-refractivity contribution in [3.05, 3.63) is 29.5 Å². The van der Waals surface area contributed by atoms with Gasteiger partial charge in [0.05, 0.1) is 17.1 Å². The van der Waals surface area contributed by atoms with Crippen molar-refractivity contribution in [1.82, 2.24) is 10.3 Å². The van der Waals surface area contributed by atoms with Crippen molar-refractivity contribution < 1.29 is 4.79 Å². The topological polar surface area (TPSA) is 72.5 Å². The third kappa shape index (κ3) is 4.82. The van der Waals surface area contributed by atoms with Crippen LogP contribution in [0.15, 0.2) is 18.2 Å². The lowest BCUT2D eigenvalue weighted by Gasteiger charge is -2.30. The highest BCUT2D eigenvalue weighted by Crippen LogP contribution is 2.33. The van der Waals surface area contributed by atoms with Crippen molar-refractivity contribution in [1.29, 1.82) is 0 Å². The lowest BCUT2D eigenvalue weighted by Crippen LogP contribution is -2.43. The van der Waals surface area contributed by atoms with E-state index < -0.39 is 0 Å². The zero-order chi connectivity index (χ0) is 20.2. The molecule has 0 aliphatic carbocycles. The van der Waals surface area contributed by atoms with E-state index in [2.05, 4.69) is 43.7 Å². The van der Waals surface area contributed by atoms with Crippen LogP contribution in [-0.2, 0) is 0 Å². The molecule has 2 amide bonds. The van der Waals surface area contributed by atoms with Gasteiger partial charge in [-0.25, -0.2) is 9.78 Å². The molecule has 2 fully saturated rings. The molecule has 0 radical (unpaired) electrons. The first-order valence-corrected chi connectivity index (χ1v) is 11.3. The van der Waals surface area contributed by atoms with E-state index in [0.29, 0.717) is 5.13 Å². The normalized spacial score (nSPS) is 17.3. The molecule has 156 valence electrons. The summed E-state index contributed by atoms with van der Waals surface area (Å²) in [5, 5.41) is 11.1. The quantitative estimate of drug-likeness (QED) is 0.710. The Morgan fingerprint density at radius 1 is 1.03 bits per heavy atom. The standard InChI is InChI=1S/C21H30N6OS/c1-15-6-7-17(18(14-15)26-10-4-3-5-11-26)24-20(28)25-21-23-16(2)19(29-21)27-12-8-22-9-13-27/h6-7,14,22H,3-5,8-13H2,1-2H3,(H2,23,24,25,28). The maximum absolute atomic E-state index is 12.7. The van der Waals surface area contributed by atoms with Crippen molar-refractivity contribution in [2.75, 3.05) is 59.7 Å². The predicted octanol–water partition coefficient (Wildman–Crippen LogP) is 3.80. The number of urea groups is 1. The molecule has 8 heteroatoms. The van der Waals surface area contributed by atoms with Crippen molar-refractivity contribution in [2.24, 2.45) is 0 Å². The molecule has 3 N–H and O–H groups in total. The van der Waals surface area contributed by atoms with Gasteiger partial charge in [0, 0.05) is 39.3 Å². The van der Waals surface area contributed by atoms with Crippen LogP contribution in [0.5, 0.6) is 0 Å². The van der Waals surface area contributed by atoms with Crippen molar-refractivity contribution >= 4 is 38.9 Å². The van der Waals surface area contributed by atoms with E-state index in [9.17, 15) is 4.79 Å². The molecule has 0 atom stereocenters. The van der Waals surface area contributed by atoms with E-state index in [4.69, 9.17) is 0 Å². The van der Waals surface area contributed by atoms with Gasteiger partial charge in [0.25, 0.3) is 0 Å². The van der Waals surface area contributed by atoms with E-state index in [-0.39, 0.29) is 6.03 Å². The van der Waals surface area contributed by atoms with Crippen LogP contribution in [0, 0.1) is 13.8 Å². The van der Waals surface area contributed by atoms with Gasteiger partial charge in [0.2, 0.25) is 0 Å². The van der Waals surface area contributed by atoms with Gasteiger partial charge in [-0.1, -0.05) is 17.4 Å². The minimum atomic E-state index is -0.243. The van der Waals surface area contributed by atoms with Crippen LogP contribution in [-0.4, -0.2) is 50.3 Å². The third-order valence-electron chi connectivity index (χ3n) is 5.49. The summed E-state index contributed by atoms with van der Waals surface area (Å²) in [5.41, 5.74) is 4.13. The number of aryl methyl sites for hydroxylation is 2. The summed E-state index contributed by atoms with van der Waals surface area (Å²) in [6.45, 7) is 10.1. The fourth-order valence-electron chi connectivity index (χ4n) is 4.00. The number of piperidine rings is 1. The van der Waals surface area contributed by atoms with E-state index in [1.54, 1.807) is 11.3 Å². The number of hydrogen-bond donors (Lipinski definition) is 3. The number of nitrogens with one attached hydrogen (secondary N) is 3. The third-order valence-corrected chi connectivity index (χ3v) is 6.63. The molecule has 0 bridgehead atoms. The number of aromatic nitrogens is 1. The van der Waals surface area contributed by atoms with Crippen LogP contribution in [0.4, 0.5) is 26.3 Å². The highest BCUT2D eigenvalue weighted by Gasteiger charge is 2.19. The van der Waals surface area contributed by atoms with Gasteiger partial charge in [-0.3, -0.25) is 5.32 Å². The number of hydrogen-bond acceptors (Lipinski definition) is 6. The van der Waals surface area contributed by atoms with Crippen LogP contribution in [0.2, 0.25) is 0 Å². The highest BCUT2D eigenvalue weighted by atomic mass is 32.1. The van der Waals surface area contributed by atoms with Gasteiger partial charge in [-0.2, -0.15) is 0 Å². The van der Waals surface area contributed by atoms with Crippen LogP contribution in [0.1, 0.15) is 30.5 Å². The average molecular weight is 415 g/mol. The Labute approximate surface area is 176 Å². The first kappa shape index (κ1) is 20.0. The van der Waals surface area contributed by atoms with Gasteiger partial charge >= 0.3 is 6.03 Å². The van der Waals surface area contributed by atoms with Crippen molar-refractivity contribution in [2.45, 2.75) is 33.1 Å². The van der Waals surface area contributed by atoms with E-state index >= 15 is 0 Å². The van der Waals surface area contributed by atoms with Gasteiger partial charge in [-0.05, 0) is 50.8 Å². The summed E-state index contributed by atoms with van der Waals surface area (Å²) in [6.07, 6.45) is 3.68. The van der Waals surface area contributed by atoms with Gasteiger partial charge in [0.1, 0.15) is 5.00 Å². The molecule has 2 aliphatic heterocycles. The fourth-order valence-corrected chi connectivity index (χ4v) is 5.01. The number of anilines is 4. The van der Waals surface area contributed by atoms with Crippen molar-refractivity contribution in [3.63, 3.8) is 0 Å². The van der Waals surface area contributed by atoms with Crippen LogP contribution < -0.4 is 25.8 Å².